The molecule has 0 aliphatic carbocycles. The van der Waals surface area contributed by atoms with E-state index < -0.39 is 22.0 Å². The molecule has 0 spiro atoms. The normalized spacial score (nSPS) is 12.2. The van der Waals surface area contributed by atoms with Crippen molar-refractivity contribution in [1.29, 1.82) is 0 Å². The summed E-state index contributed by atoms with van der Waals surface area (Å²) in [7, 11) is -3.84. The van der Waals surface area contributed by atoms with Gasteiger partial charge in [-0.15, -0.1) is 0 Å². The molecule has 1 amide bonds. The van der Waals surface area contributed by atoms with Crippen molar-refractivity contribution < 1.29 is 17.9 Å². The number of carbonyl (C=O) groups is 1. The average molecular weight is 445 g/mol. The van der Waals surface area contributed by atoms with Crippen LogP contribution in [0.5, 0.6) is 5.75 Å². The molecule has 3 aromatic carbocycles. The quantitative estimate of drug-likeness (QED) is 0.544. The van der Waals surface area contributed by atoms with Crippen molar-refractivity contribution in [3.8, 4) is 5.75 Å². The Kier molecular flexibility index (Phi) is 7.10. The summed E-state index contributed by atoms with van der Waals surface area (Å²) in [6, 6.07) is 21.4. The number of benzene rings is 3. The van der Waals surface area contributed by atoms with Gasteiger partial charge in [0.25, 0.3) is 0 Å². The minimum Gasteiger partial charge on any atom is -0.489 e. The molecule has 0 heterocycles. The van der Waals surface area contributed by atoms with Gasteiger partial charge in [0.1, 0.15) is 12.4 Å². The van der Waals surface area contributed by atoms with E-state index in [-0.39, 0.29) is 4.90 Å². The first-order valence-corrected chi connectivity index (χ1v) is 11.1. The number of hydrogen-bond donors (Lipinski definition) is 2. The van der Waals surface area contributed by atoms with Gasteiger partial charge in [-0.25, -0.2) is 8.42 Å². The lowest BCUT2D eigenvalue weighted by atomic mass is 10.2. The maximum atomic E-state index is 12.4. The topological polar surface area (TPSA) is 84.5 Å². The predicted octanol–water partition coefficient (Wildman–Crippen LogP) is 4.22. The first-order valence-electron chi connectivity index (χ1n) is 9.19. The molecule has 0 saturated heterocycles. The van der Waals surface area contributed by atoms with Gasteiger partial charge in [-0.05, 0) is 61.0 Å². The molecule has 0 bridgehead atoms. The van der Waals surface area contributed by atoms with E-state index in [2.05, 4.69) is 10.0 Å². The van der Waals surface area contributed by atoms with Gasteiger partial charge in [0.05, 0.1) is 10.9 Å². The Morgan fingerprint density at radius 3 is 2.23 bits per heavy atom. The van der Waals surface area contributed by atoms with E-state index in [1.807, 2.05) is 30.3 Å². The molecule has 1 unspecified atom stereocenters. The van der Waals surface area contributed by atoms with E-state index in [1.54, 1.807) is 24.3 Å². The fourth-order valence-electron chi connectivity index (χ4n) is 2.59. The van der Waals surface area contributed by atoms with Crippen LogP contribution in [0.3, 0.4) is 0 Å². The van der Waals surface area contributed by atoms with Crippen LogP contribution in [-0.4, -0.2) is 20.4 Å². The van der Waals surface area contributed by atoms with E-state index in [0.29, 0.717) is 23.1 Å². The van der Waals surface area contributed by atoms with Gasteiger partial charge in [0, 0.05) is 10.7 Å². The molecule has 0 aromatic heterocycles. The van der Waals surface area contributed by atoms with Crippen molar-refractivity contribution in [1.82, 2.24) is 4.72 Å². The highest BCUT2D eigenvalue weighted by molar-refractivity contribution is 7.89. The number of amides is 1. The zero-order valence-corrected chi connectivity index (χ0v) is 17.8. The third-order valence-electron chi connectivity index (χ3n) is 4.22. The van der Waals surface area contributed by atoms with Gasteiger partial charge in [0.15, 0.2) is 0 Å². The van der Waals surface area contributed by atoms with Crippen LogP contribution in [0.2, 0.25) is 5.02 Å². The van der Waals surface area contributed by atoms with Crippen LogP contribution in [0.15, 0.2) is 83.8 Å². The van der Waals surface area contributed by atoms with Crippen molar-refractivity contribution in [3.63, 3.8) is 0 Å². The van der Waals surface area contributed by atoms with Gasteiger partial charge in [-0.1, -0.05) is 41.9 Å². The summed E-state index contributed by atoms with van der Waals surface area (Å²) >= 11 is 5.78. The number of rotatable bonds is 8. The summed E-state index contributed by atoms with van der Waals surface area (Å²) in [6.07, 6.45) is 0. The molecule has 6 nitrogen and oxygen atoms in total. The first kappa shape index (κ1) is 21.8. The molecule has 156 valence electrons. The minimum atomic E-state index is -3.84. The molecule has 3 aromatic rings. The van der Waals surface area contributed by atoms with Crippen LogP contribution in [0, 0.1) is 0 Å². The summed E-state index contributed by atoms with van der Waals surface area (Å²) in [6.45, 7) is 1.91. The molecule has 0 aliphatic rings. The van der Waals surface area contributed by atoms with E-state index in [0.717, 1.165) is 5.56 Å². The van der Waals surface area contributed by atoms with Gasteiger partial charge in [-0.2, -0.15) is 4.72 Å². The van der Waals surface area contributed by atoms with E-state index in [9.17, 15) is 13.2 Å². The van der Waals surface area contributed by atoms with Crippen molar-refractivity contribution in [2.45, 2.75) is 24.5 Å². The molecule has 0 radical (unpaired) electrons. The lowest BCUT2D eigenvalue weighted by Gasteiger charge is -2.15. The largest absolute Gasteiger partial charge is 0.489 e. The second-order valence-corrected chi connectivity index (χ2v) is 8.74. The summed E-state index contributed by atoms with van der Waals surface area (Å²) in [5.41, 5.74) is 1.58. The van der Waals surface area contributed by atoms with E-state index >= 15 is 0 Å². The SMILES string of the molecule is CC(NS(=O)(=O)c1ccc(Cl)cc1)C(=O)Nc1ccc(OCc2ccccc2)cc1. The number of sulfonamides is 1. The summed E-state index contributed by atoms with van der Waals surface area (Å²) in [4.78, 5) is 12.4. The van der Waals surface area contributed by atoms with Crippen LogP contribution in [0.25, 0.3) is 0 Å². The lowest BCUT2D eigenvalue weighted by molar-refractivity contribution is -0.117. The van der Waals surface area contributed by atoms with Crippen LogP contribution in [0.1, 0.15) is 12.5 Å². The molecule has 1 atom stereocenters. The highest BCUT2D eigenvalue weighted by Gasteiger charge is 2.22. The molecule has 0 fully saturated rings. The van der Waals surface area contributed by atoms with E-state index in [1.165, 1.54) is 31.2 Å². The Bertz CT molecular complexity index is 1090. The lowest BCUT2D eigenvalue weighted by Crippen LogP contribution is -2.41. The van der Waals surface area contributed by atoms with Crippen LogP contribution in [-0.2, 0) is 21.4 Å². The number of ether oxygens (including phenoxy) is 1. The molecule has 30 heavy (non-hydrogen) atoms. The molecular weight excluding hydrogens is 424 g/mol. The highest BCUT2D eigenvalue weighted by Crippen LogP contribution is 2.18. The smallest absolute Gasteiger partial charge is 0.242 e. The average Bonchev–Trinajstić information content (AvgIpc) is 2.74. The van der Waals surface area contributed by atoms with Crippen LogP contribution >= 0.6 is 11.6 Å². The third kappa shape index (κ3) is 6.06. The Hall–Kier alpha value is -2.87. The van der Waals surface area contributed by atoms with Crippen molar-refractivity contribution in [2.75, 3.05) is 5.32 Å². The zero-order valence-electron chi connectivity index (χ0n) is 16.2. The highest BCUT2D eigenvalue weighted by atomic mass is 35.5. The number of hydrogen-bond acceptors (Lipinski definition) is 4. The molecule has 0 aliphatic heterocycles. The number of nitrogens with one attached hydrogen (secondary N) is 2. The molecule has 3 rings (SSSR count). The fraction of sp³-hybridized carbons (Fsp3) is 0.136. The maximum Gasteiger partial charge on any atom is 0.242 e. The standard InChI is InChI=1S/C22H21ClN2O4S/c1-16(25-30(27,28)21-13-7-18(23)8-14-21)22(26)24-19-9-11-20(12-10-19)29-15-17-5-3-2-4-6-17/h2-14,16,25H,15H2,1H3,(H,24,26). The van der Waals surface area contributed by atoms with Gasteiger partial charge in [0.2, 0.25) is 15.9 Å². The Balaban J connectivity index is 1.55. The van der Waals surface area contributed by atoms with Crippen molar-refractivity contribution >= 4 is 33.2 Å². The Labute approximate surface area is 180 Å². The maximum absolute atomic E-state index is 12.4. The molecule has 8 heteroatoms. The van der Waals surface area contributed by atoms with Gasteiger partial charge < -0.3 is 10.1 Å². The van der Waals surface area contributed by atoms with Crippen LogP contribution < -0.4 is 14.8 Å². The number of halogens is 1. The van der Waals surface area contributed by atoms with E-state index in [4.69, 9.17) is 16.3 Å². The third-order valence-corrected chi connectivity index (χ3v) is 6.03. The second-order valence-electron chi connectivity index (χ2n) is 6.58. The first-order chi connectivity index (χ1) is 14.3. The van der Waals surface area contributed by atoms with Gasteiger partial charge >= 0.3 is 0 Å². The number of anilines is 1. The monoisotopic (exact) mass is 444 g/mol. The van der Waals surface area contributed by atoms with Gasteiger partial charge in [-0.3, -0.25) is 4.79 Å². The molecular formula is C22H21ClN2O4S. The minimum absolute atomic E-state index is 0.0338. The zero-order chi connectivity index (χ0) is 21.6. The number of carbonyl (C=O) groups excluding carboxylic acids is 1. The Morgan fingerprint density at radius 2 is 1.60 bits per heavy atom. The van der Waals surface area contributed by atoms with Crippen molar-refractivity contribution in [2.24, 2.45) is 0 Å². The second kappa shape index (κ2) is 9.75. The summed E-state index contributed by atoms with van der Waals surface area (Å²) in [5.74, 6) is 0.179. The molecule has 0 saturated carbocycles. The van der Waals surface area contributed by atoms with Crippen LogP contribution in [0.4, 0.5) is 5.69 Å². The Morgan fingerprint density at radius 1 is 0.967 bits per heavy atom. The summed E-state index contributed by atoms with van der Waals surface area (Å²) < 4.78 is 32.9. The summed E-state index contributed by atoms with van der Waals surface area (Å²) in [5, 5.41) is 3.11. The predicted molar refractivity (Wildman–Crippen MR) is 117 cm³/mol. The van der Waals surface area contributed by atoms with Crippen molar-refractivity contribution in [3.05, 3.63) is 89.4 Å². The molecule has 2 N–H and O–H groups in total. The fourth-order valence-corrected chi connectivity index (χ4v) is 3.92.